The Kier molecular flexibility index (Phi) is 6.92. The Bertz CT molecular complexity index is 581. The van der Waals surface area contributed by atoms with Crippen LogP contribution in [0.25, 0.3) is 0 Å². The highest BCUT2D eigenvalue weighted by Gasteiger charge is 2.26. The lowest BCUT2D eigenvalue weighted by Gasteiger charge is -2.28. The predicted molar refractivity (Wildman–Crippen MR) is 102 cm³/mol. The number of rotatable bonds is 8. The quantitative estimate of drug-likeness (QED) is 0.415. The van der Waals surface area contributed by atoms with Crippen LogP contribution < -0.4 is 0 Å². The van der Waals surface area contributed by atoms with E-state index in [0.717, 1.165) is 43.2 Å². The molecule has 0 spiro atoms. The second kappa shape index (κ2) is 8.73. The maximum atomic E-state index is 13.0. The van der Waals surface area contributed by atoms with E-state index in [0.29, 0.717) is 5.56 Å². The van der Waals surface area contributed by atoms with Crippen molar-refractivity contribution in [3.63, 3.8) is 0 Å². The standard InChI is InChI=1S/C22H33FO2/c1-4-5-6-7-11-22(2,3)18-13-19(24)21(20(25)14-18)17-10-8-9-16(12-17)15-23/h12-14,17,24-25H,4-11,15H2,1-3H3. The topological polar surface area (TPSA) is 40.5 Å². The summed E-state index contributed by atoms with van der Waals surface area (Å²) >= 11 is 0. The number of phenols is 2. The van der Waals surface area contributed by atoms with Crippen molar-refractivity contribution in [3.05, 3.63) is 34.9 Å². The molecule has 0 aliphatic heterocycles. The molecule has 0 aromatic heterocycles. The molecule has 1 aliphatic rings. The smallest absolute Gasteiger partial charge is 0.123 e. The maximum absolute atomic E-state index is 13.0. The summed E-state index contributed by atoms with van der Waals surface area (Å²) in [5, 5.41) is 21.1. The summed E-state index contributed by atoms with van der Waals surface area (Å²) in [4.78, 5) is 0. The van der Waals surface area contributed by atoms with Gasteiger partial charge in [-0.05, 0) is 54.4 Å². The summed E-state index contributed by atoms with van der Waals surface area (Å²) in [6.45, 7) is 6.08. The number of unbranched alkanes of at least 4 members (excludes halogenated alkanes) is 3. The Morgan fingerprint density at radius 1 is 1.12 bits per heavy atom. The fraction of sp³-hybridized carbons (Fsp3) is 0.636. The minimum atomic E-state index is -0.444. The van der Waals surface area contributed by atoms with Crippen molar-refractivity contribution in [2.24, 2.45) is 0 Å². The van der Waals surface area contributed by atoms with Gasteiger partial charge in [0.2, 0.25) is 0 Å². The Morgan fingerprint density at radius 2 is 1.80 bits per heavy atom. The molecular formula is C22H33FO2. The molecule has 0 saturated carbocycles. The van der Waals surface area contributed by atoms with Crippen LogP contribution in [0.4, 0.5) is 4.39 Å². The zero-order chi connectivity index (χ0) is 18.4. The molecule has 1 aromatic carbocycles. The molecule has 3 heteroatoms. The van der Waals surface area contributed by atoms with Crippen LogP contribution in [0.2, 0.25) is 0 Å². The van der Waals surface area contributed by atoms with Gasteiger partial charge in [0.05, 0.1) is 0 Å². The summed E-state index contributed by atoms with van der Waals surface area (Å²) in [6, 6.07) is 3.60. The lowest BCUT2D eigenvalue weighted by atomic mass is 9.78. The average molecular weight is 349 g/mol. The number of alkyl halides is 1. The molecule has 0 heterocycles. The van der Waals surface area contributed by atoms with Gasteiger partial charge in [-0.2, -0.15) is 0 Å². The highest BCUT2D eigenvalue weighted by molar-refractivity contribution is 5.52. The molecule has 2 nitrogen and oxygen atoms in total. The van der Waals surface area contributed by atoms with Crippen LogP contribution in [0.3, 0.4) is 0 Å². The van der Waals surface area contributed by atoms with Gasteiger partial charge in [-0.1, -0.05) is 52.5 Å². The number of benzene rings is 1. The first-order valence-electron chi connectivity index (χ1n) is 9.71. The molecular weight excluding hydrogens is 315 g/mol. The first-order valence-corrected chi connectivity index (χ1v) is 9.71. The van der Waals surface area contributed by atoms with Crippen molar-refractivity contribution in [2.75, 3.05) is 6.67 Å². The maximum Gasteiger partial charge on any atom is 0.123 e. The van der Waals surface area contributed by atoms with Crippen LogP contribution in [0.5, 0.6) is 11.5 Å². The van der Waals surface area contributed by atoms with E-state index in [1.165, 1.54) is 19.3 Å². The van der Waals surface area contributed by atoms with Gasteiger partial charge in [0.25, 0.3) is 0 Å². The lowest BCUT2D eigenvalue weighted by molar-refractivity contribution is 0.410. The third-order valence-electron chi connectivity index (χ3n) is 5.57. The summed E-state index contributed by atoms with van der Waals surface area (Å²) in [5.74, 6) is 0.178. The molecule has 25 heavy (non-hydrogen) atoms. The Balaban J connectivity index is 2.22. The first-order chi connectivity index (χ1) is 11.9. The highest BCUT2D eigenvalue weighted by Crippen LogP contribution is 2.44. The van der Waals surface area contributed by atoms with E-state index >= 15 is 0 Å². The Morgan fingerprint density at radius 3 is 2.40 bits per heavy atom. The molecule has 0 saturated heterocycles. The molecule has 1 unspecified atom stereocenters. The number of aromatic hydroxyl groups is 2. The highest BCUT2D eigenvalue weighted by atomic mass is 19.1. The molecule has 140 valence electrons. The van der Waals surface area contributed by atoms with E-state index in [9.17, 15) is 14.6 Å². The predicted octanol–water partition coefficient (Wildman–Crippen LogP) is 6.51. The molecule has 1 aromatic rings. The first kappa shape index (κ1) is 19.8. The van der Waals surface area contributed by atoms with Gasteiger partial charge in [0.15, 0.2) is 0 Å². The molecule has 1 aliphatic carbocycles. The van der Waals surface area contributed by atoms with Gasteiger partial charge in [-0.15, -0.1) is 0 Å². The van der Waals surface area contributed by atoms with Crippen molar-refractivity contribution >= 4 is 0 Å². The van der Waals surface area contributed by atoms with Gasteiger partial charge in [-0.25, -0.2) is 4.39 Å². The molecule has 2 N–H and O–H groups in total. The Labute approximate surface area is 151 Å². The van der Waals surface area contributed by atoms with Crippen molar-refractivity contribution in [2.45, 2.75) is 83.5 Å². The SMILES string of the molecule is CCCCCCC(C)(C)c1cc(O)c(C2C=C(CF)CCC2)c(O)c1. The summed E-state index contributed by atoms with van der Waals surface area (Å²) in [7, 11) is 0. The van der Waals surface area contributed by atoms with Gasteiger partial charge in [-0.3, -0.25) is 0 Å². The van der Waals surface area contributed by atoms with Crippen molar-refractivity contribution in [3.8, 4) is 11.5 Å². The van der Waals surface area contributed by atoms with Crippen LogP contribution in [-0.4, -0.2) is 16.9 Å². The summed E-state index contributed by atoms with van der Waals surface area (Å²) < 4.78 is 13.0. The number of hydrogen-bond donors (Lipinski definition) is 2. The molecule has 0 fully saturated rings. The van der Waals surface area contributed by atoms with E-state index in [-0.39, 0.29) is 22.8 Å². The van der Waals surface area contributed by atoms with E-state index in [2.05, 4.69) is 20.8 Å². The minimum Gasteiger partial charge on any atom is -0.507 e. The van der Waals surface area contributed by atoms with E-state index in [1.54, 1.807) is 12.1 Å². The van der Waals surface area contributed by atoms with E-state index < -0.39 is 6.67 Å². The molecule has 2 rings (SSSR count). The normalized spacial score (nSPS) is 18.2. The fourth-order valence-corrected chi connectivity index (χ4v) is 3.87. The second-order valence-electron chi connectivity index (χ2n) is 8.08. The molecule has 0 radical (unpaired) electrons. The van der Waals surface area contributed by atoms with Crippen LogP contribution in [0.15, 0.2) is 23.8 Å². The molecule has 0 amide bonds. The minimum absolute atomic E-state index is 0.0895. The second-order valence-corrected chi connectivity index (χ2v) is 8.08. The van der Waals surface area contributed by atoms with Gasteiger partial charge >= 0.3 is 0 Å². The number of halogens is 1. The van der Waals surface area contributed by atoms with Gasteiger partial charge < -0.3 is 10.2 Å². The van der Waals surface area contributed by atoms with Gasteiger partial charge in [0.1, 0.15) is 18.2 Å². The third kappa shape index (κ3) is 4.99. The average Bonchev–Trinajstić information content (AvgIpc) is 2.58. The Hall–Kier alpha value is -1.51. The van der Waals surface area contributed by atoms with Crippen molar-refractivity contribution < 1.29 is 14.6 Å². The van der Waals surface area contributed by atoms with E-state index in [1.807, 2.05) is 6.08 Å². The summed E-state index contributed by atoms with van der Waals surface area (Å²) in [6.07, 6.45) is 10.2. The largest absolute Gasteiger partial charge is 0.507 e. The zero-order valence-electron chi connectivity index (χ0n) is 15.9. The van der Waals surface area contributed by atoms with Crippen LogP contribution in [-0.2, 0) is 5.41 Å². The number of phenolic OH excluding ortho intramolecular Hbond substituents is 2. The van der Waals surface area contributed by atoms with E-state index in [4.69, 9.17) is 0 Å². The molecule has 1 atom stereocenters. The van der Waals surface area contributed by atoms with Crippen LogP contribution in [0, 0.1) is 0 Å². The van der Waals surface area contributed by atoms with Crippen LogP contribution >= 0.6 is 0 Å². The number of allylic oxidation sites excluding steroid dienone is 2. The lowest BCUT2D eigenvalue weighted by Crippen LogP contribution is -2.17. The molecule has 0 bridgehead atoms. The monoisotopic (exact) mass is 348 g/mol. The van der Waals surface area contributed by atoms with Gasteiger partial charge in [0, 0.05) is 11.5 Å². The fourth-order valence-electron chi connectivity index (χ4n) is 3.87. The number of hydrogen-bond acceptors (Lipinski definition) is 2. The van der Waals surface area contributed by atoms with Crippen LogP contribution in [0.1, 0.15) is 89.2 Å². The van der Waals surface area contributed by atoms with Crippen molar-refractivity contribution in [1.29, 1.82) is 0 Å². The summed E-state index contributed by atoms with van der Waals surface area (Å²) in [5.41, 5.74) is 2.20. The zero-order valence-corrected chi connectivity index (χ0v) is 15.9. The van der Waals surface area contributed by atoms with Crippen molar-refractivity contribution in [1.82, 2.24) is 0 Å². The third-order valence-corrected chi connectivity index (χ3v) is 5.57.